The molecule has 0 saturated heterocycles. The topological polar surface area (TPSA) is 52.3 Å². The van der Waals surface area contributed by atoms with Crippen molar-refractivity contribution in [2.24, 2.45) is 11.1 Å². The van der Waals surface area contributed by atoms with E-state index < -0.39 is 5.41 Å². The number of halogens is 1. The van der Waals surface area contributed by atoms with E-state index in [1.165, 1.54) is 0 Å². The summed E-state index contributed by atoms with van der Waals surface area (Å²) in [4.78, 5) is 12.1. The molecule has 2 N–H and O–H groups in total. The molecule has 1 saturated carbocycles. The van der Waals surface area contributed by atoms with E-state index in [4.69, 9.17) is 10.5 Å². The normalized spacial score (nSPS) is 27.2. The van der Waals surface area contributed by atoms with E-state index in [0.717, 1.165) is 29.3 Å². The summed E-state index contributed by atoms with van der Waals surface area (Å²) >= 11 is 3.37. The van der Waals surface area contributed by atoms with Crippen LogP contribution < -0.4 is 5.73 Å². The number of carbonyl (C=O) groups is 1. The molecule has 0 aromatic heterocycles. The van der Waals surface area contributed by atoms with Crippen LogP contribution in [0.25, 0.3) is 0 Å². The van der Waals surface area contributed by atoms with Gasteiger partial charge in [-0.25, -0.2) is 0 Å². The fraction of sp³-hybridized carbons (Fsp3) is 0.500. The van der Waals surface area contributed by atoms with Crippen molar-refractivity contribution in [3.63, 3.8) is 0 Å². The first-order chi connectivity index (χ1) is 8.52. The molecule has 0 spiro atoms. The van der Waals surface area contributed by atoms with Gasteiger partial charge in [0, 0.05) is 10.5 Å². The van der Waals surface area contributed by atoms with Crippen molar-refractivity contribution in [1.29, 1.82) is 0 Å². The van der Waals surface area contributed by atoms with Crippen molar-refractivity contribution in [2.75, 3.05) is 0 Å². The molecule has 1 aliphatic carbocycles. The van der Waals surface area contributed by atoms with Gasteiger partial charge < -0.3 is 10.5 Å². The van der Waals surface area contributed by atoms with E-state index in [-0.39, 0.29) is 12.0 Å². The van der Waals surface area contributed by atoms with Gasteiger partial charge in [0.1, 0.15) is 6.61 Å². The van der Waals surface area contributed by atoms with Crippen LogP contribution in [-0.4, -0.2) is 12.0 Å². The average molecular weight is 312 g/mol. The summed E-state index contributed by atoms with van der Waals surface area (Å²) in [6, 6.07) is 7.68. The highest BCUT2D eigenvalue weighted by Crippen LogP contribution is 2.37. The van der Waals surface area contributed by atoms with Gasteiger partial charge in [0.15, 0.2) is 0 Å². The van der Waals surface area contributed by atoms with Crippen LogP contribution in [0.5, 0.6) is 0 Å². The summed E-state index contributed by atoms with van der Waals surface area (Å²) in [5, 5.41) is 0. The molecular formula is C14H18BrNO2. The second-order valence-corrected chi connectivity index (χ2v) is 6.03. The van der Waals surface area contributed by atoms with Gasteiger partial charge in [-0.05, 0) is 37.5 Å². The molecule has 18 heavy (non-hydrogen) atoms. The fourth-order valence-corrected chi connectivity index (χ4v) is 2.61. The smallest absolute Gasteiger partial charge is 0.313 e. The number of hydrogen-bond acceptors (Lipinski definition) is 3. The molecule has 1 fully saturated rings. The van der Waals surface area contributed by atoms with Crippen molar-refractivity contribution >= 4 is 21.9 Å². The molecule has 2 rings (SSSR count). The third-order valence-corrected chi connectivity index (χ3v) is 4.31. The number of nitrogens with two attached hydrogens (primary N) is 1. The van der Waals surface area contributed by atoms with Crippen LogP contribution >= 0.6 is 15.9 Å². The van der Waals surface area contributed by atoms with E-state index in [1.54, 1.807) is 0 Å². The lowest BCUT2D eigenvalue weighted by molar-refractivity contribution is -0.156. The second-order valence-electron chi connectivity index (χ2n) is 5.12. The van der Waals surface area contributed by atoms with Gasteiger partial charge in [-0.3, -0.25) is 4.79 Å². The Balaban J connectivity index is 1.94. The highest BCUT2D eigenvalue weighted by Gasteiger charge is 2.44. The van der Waals surface area contributed by atoms with E-state index in [1.807, 2.05) is 31.2 Å². The lowest BCUT2D eigenvalue weighted by atomic mass is 9.85. The number of hydrogen-bond donors (Lipinski definition) is 1. The first kappa shape index (κ1) is 13.6. The fourth-order valence-electron chi connectivity index (χ4n) is 2.34. The van der Waals surface area contributed by atoms with E-state index in [0.29, 0.717) is 6.61 Å². The van der Waals surface area contributed by atoms with E-state index in [9.17, 15) is 4.79 Å². The number of carbonyl (C=O) groups excluding carboxylic acids is 1. The lowest BCUT2D eigenvalue weighted by Crippen LogP contribution is -2.42. The van der Waals surface area contributed by atoms with Crippen LogP contribution in [0.1, 0.15) is 31.7 Å². The molecule has 4 heteroatoms. The summed E-state index contributed by atoms with van der Waals surface area (Å²) in [6.07, 6.45) is 2.74. The Morgan fingerprint density at radius 1 is 1.50 bits per heavy atom. The third-order valence-electron chi connectivity index (χ3n) is 3.78. The molecular weight excluding hydrogens is 294 g/mol. The molecule has 0 heterocycles. The van der Waals surface area contributed by atoms with Crippen LogP contribution in [0.3, 0.4) is 0 Å². The molecule has 0 aliphatic heterocycles. The number of benzene rings is 1. The van der Waals surface area contributed by atoms with Gasteiger partial charge in [0.2, 0.25) is 0 Å². The summed E-state index contributed by atoms with van der Waals surface area (Å²) in [5.74, 6) is -0.171. The quantitative estimate of drug-likeness (QED) is 0.873. The molecule has 1 aromatic carbocycles. The Labute approximate surface area is 116 Å². The summed E-state index contributed by atoms with van der Waals surface area (Å²) in [7, 11) is 0. The van der Waals surface area contributed by atoms with Crippen LogP contribution in [0.2, 0.25) is 0 Å². The predicted octanol–water partition coefficient (Wildman–Crippen LogP) is 3.01. The zero-order valence-corrected chi connectivity index (χ0v) is 12.1. The maximum absolute atomic E-state index is 12.1. The van der Waals surface area contributed by atoms with Crippen molar-refractivity contribution in [3.8, 4) is 0 Å². The van der Waals surface area contributed by atoms with Gasteiger partial charge in [-0.2, -0.15) is 0 Å². The van der Waals surface area contributed by atoms with Crippen LogP contribution in [0.15, 0.2) is 28.7 Å². The average Bonchev–Trinajstić information content (AvgIpc) is 2.70. The Morgan fingerprint density at radius 2 is 2.17 bits per heavy atom. The van der Waals surface area contributed by atoms with Crippen LogP contribution in [0, 0.1) is 5.41 Å². The zero-order valence-electron chi connectivity index (χ0n) is 10.5. The molecule has 1 aromatic rings. The molecule has 0 radical (unpaired) electrons. The first-order valence-corrected chi connectivity index (χ1v) is 6.99. The second kappa shape index (κ2) is 5.41. The zero-order chi connectivity index (χ0) is 13.2. The minimum absolute atomic E-state index is 0.0742. The summed E-state index contributed by atoms with van der Waals surface area (Å²) < 4.78 is 6.41. The Bertz CT molecular complexity index is 432. The number of ether oxygens (including phenoxy) is 1. The number of rotatable bonds is 3. The van der Waals surface area contributed by atoms with Gasteiger partial charge in [-0.15, -0.1) is 0 Å². The van der Waals surface area contributed by atoms with Crippen molar-refractivity contribution < 1.29 is 9.53 Å². The Hall–Kier alpha value is -0.870. The van der Waals surface area contributed by atoms with E-state index >= 15 is 0 Å². The third kappa shape index (κ3) is 2.75. The molecule has 2 unspecified atom stereocenters. The minimum Gasteiger partial charge on any atom is -0.460 e. The summed E-state index contributed by atoms with van der Waals surface area (Å²) in [5.41, 5.74) is 6.48. The van der Waals surface area contributed by atoms with Gasteiger partial charge in [-0.1, -0.05) is 34.5 Å². The van der Waals surface area contributed by atoms with Gasteiger partial charge in [0.05, 0.1) is 5.41 Å². The molecule has 2 atom stereocenters. The van der Waals surface area contributed by atoms with Gasteiger partial charge in [0.25, 0.3) is 0 Å². The van der Waals surface area contributed by atoms with Crippen molar-refractivity contribution in [3.05, 3.63) is 34.3 Å². The molecule has 0 bridgehead atoms. The van der Waals surface area contributed by atoms with Crippen molar-refractivity contribution in [1.82, 2.24) is 0 Å². The highest BCUT2D eigenvalue weighted by atomic mass is 79.9. The van der Waals surface area contributed by atoms with Gasteiger partial charge >= 0.3 is 5.97 Å². The monoisotopic (exact) mass is 311 g/mol. The largest absolute Gasteiger partial charge is 0.460 e. The predicted molar refractivity (Wildman–Crippen MR) is 73.9 cm³/mol. The number of esters is 1. The standard InChI is InChI=1S/C14H18BrNO2/c1-14(8-2-3-12(14)16)13(17)18-9-10-4-6-11(15)7-5-10/h4-7,12H,2-3,8-9,16H2,1H3. The van der Waals surface area contributed by atoms with Crippen molar-refractivity contribution in [2.45, 2.75) is 38.8 Å². The minimum atomic E-state index is -0.505. The molecule has 3 nitrogen and oxygen atoms in total. The Morgan fingerprint density at radius 3 is 2.72 bits per heavy atom. The summed E-state index contributed by atoms with van der Waals surface area (Å²) in [6.45, 7) is 2.23. The van der Waals surface area contributed by atoms with E-state index in [2.05, 4.69) is 15.9 Å². The van der Waals surface area contributed by atoms with Crippen LogP contribution in [-0.2, 0) is 16.1 Å². The molecule has 0 amide bonds. The lowest BCUT2D eigenvalue weighted by Gasteiger charge is -2.26. The SMILES string of the molecule is CC1(C(=O)OCc2ccc(Br)cc2)CCCC1N. The molecule has 98 valence electrons. The first-order valence-electron chi connectivity index (χ1n) is 6.19. The maximum Gasteiger partial charge on any atom is 0.313 e. The maximum atomic E-state index is 12.1. The van der Waals surface area contributed by atoms with Crippen LogP contribution in [0.4, 0.5) is 0 Å². The highest BCUT2D eigenvalue weighted by molar-refractivity contribution is 9.10. The Kier molecular flexibility index (Phi) is 4.07. The molecule has 1 aliphatic rings.